The lowest BCUT2D eigenvalue weighted by Crippen LogP contribution is -2.40. The minimum atomic E-state index is -0.313. The van der Waals surface area contributed by atoms with E-state index in [2.05, 4.69) is 15.3 Å². The molecule has 0 aromatic carbocycles. The van der Waals surface area contributed by atoms with Crippen molar-refractivity contribution < 1.29 is 18.8 Å². The number of aliphatic imine (C=N–C) groups is 1. The number of aromatic nitrogens is 1. The zero-order chi connectivity index (χ0) is 21.5. The molecule has 31 heavy (non-hydrogen) atoms. The minimum absolute atomic E-state index is 0.0159. The van der Waals surface area contributed by atoms with Gasteiger partial charge in [-0.2, -0.15) is 0 Å². The summed E-state index contributed by atoms with van der Waals surface area (Å²) in [5.74, 6) is -0.860. The van der Waals surface area contributed by atoms with E-state index >= 15 is 0 Å². The number of pyridine rings is 1. The number of carbonyl (C=O) groups is 3. The first-order valence-corrected chi connectivity index (χ1v) is 10.5. The fourth-order valence-corrected chi connectivity index (χ4v) is 4.32. The van der Waals surface area contributed by atoms with E-state index in [1.54, 1.807) is 29.4 Å². The van der Waals surface area contributed by atoms with Gasteiger partial charge in [-0.05, 0) is 37.3 Å². The number of nitrogens with one attached hydrogen (secondary N) is 1. The summed E-state index contributed by atoms with van der Waals surface area (Å²) in [5.41, 5.74) is 1.73. The third kappa shape index (κ3) is 3.75. The highest BCUT2D eigenvalue weighted by Crippen LogP contribution is 2.38. The van der Waals surface area contributed by atoms with Crippen LogP contribution < -0.4 is 5.32 Å². The smallest absolute Gasteiger partial charge is 0.277 e. The maximum absolute atomic E-state index is 13.4. The van der Waals surface area contributed by atoms with Crippen molar-refractivity contribution in [3.63, 3.8) is 0 Å². The van der Waals surface area contributed by atoms with E-state index < -0.39 is 0 Å². The van der Waals surface area contributed by atoms with E-state index in [0.29, 0.717) is 30.1 Å². The molecule has 1 fully saturated rings. The van der Waals surface area contributed by atoms with Crippen molar-refractivity contribution in [3.8, 4) is 0 Å². The molecule has 0 saturated heterocycles. The Morgan fingerprint density at radius 3 is 2.77 bits per heavy atom. The molecular weight excluding hydrogens is 401 g/mol. The summed E-state index contributed by atoms with van der Waals surface area (Å²) in [5, 5.41) is 2.74. The van der Waals surface area contributed by atoms with Gasteiger partial charge < -0.3 is 10.2 Å². The molecule has 1 saturated carbocycles. The summed E-state index contributed by atoms with van der Waals surface area (Å²) in [6.07, 6.45) is 7.73. The van der Waals surface area contributed by atoms with Gasteiger partial charge in [-0.25, -0.2) is 9.37 Å². The second kappa shape index (κ2) is 7.72. The molecule has 8 nitrogen and oxygen atoms in total. The van der Waals surface area contributed by atoms with Crippen LogP contribution in [0.5, 0.6) is 0 Å². The molecule has 1 N–H and O–H groups in total. The number of halogens is 1. The van der Waals surface area contributed by atoms with Crippen molar-refractivity contribution in [3.05, 3.63) is 47.2 Å². The molecule has 9 heteroatoms. The molecule has 1 atom stereocenters. The summed E-state index contributed by atoms with van der Waals surface area (Å²) < 4.78 is 13.4. The largest absolute Gasteiger partial charge is 0.357 e. The van der Waals surface area contributed by atoms with Crippen LogP contribution in [0.15, 0.2) is 46.6 Å². The molecule has 0 bridgehead atoms. The summed E-state index contributed by atoms with van der Waals surface area (Å²) in [6, 6.07) is 3.46. The van der Waals surface area contributed by atoms with Gasteiger partial charge in [-0.15, -0.1) is 0 Å². The monoisotopic (exact) mass is 423 g/mol. The van der Waals surface area contributed by atoms with Gasteiger partial charge in [0, 0.05) is 42.9 Å². The molecule has 3 amide bonds. The Labute approximate surface area is 178 Å². The van der Waals surface area contributed by atoms with Crippen LogP contribution >= 0.6 is 0 Å². The maximum Gasteiger partial charge on any atom is 0.277 e. The van der Waals surface area contributed by atoms with Gasteiger partial charge in [-0.1, -0.05) is 6.07 Å². The van der Waals surface area contributed by atoms with Gasteiger partial charge in [0.25, 0.3) is 11.8 Å². The lowest BCUT2D eigenvalue weighted by Gasteiger charge is -2.28. The van der Waals surface area contributed by atoms with Gasteiger partial charge >= 0.3 is 0 Å². The summed E-state index contributed by atoms with van der Waals surface area (Å²) in [7, 11) is 0. The van der Waals surface area contributed by atoms with Gasteiger partial charge in [0.1, 0.15) is 17.3 Å². The molecule has 1 aliphatic carbocycles. The fourth-order valence-electron chi connectivity index (χ4n) is 4.32. The second-order valence-electron chi connectivity index (χ2n) is 8.27. The second-order valence-corrected chi connectivity index (χ2v) is 8.27. The molecule has 4 aliphatic rings. The quantitative estimate of drug-likeness (QED) is 0.733. The van der Waals surface area contributed by atoms with Gasteiger partial charge in [0.15, 0.2) is 0 Å². The summed E-state index contributed by atoms with van der Waals surface area (Å²) in [6.45, 7) is 0.529. The lowest BCUT2D eigenvalue weighted by atomic mass is 9.97. The molecule has 4 heterocycles. The average molecular weight is 423 g/mol. The van der Waals surface area contributed by atoms with Crippen molar-refractivity contribution in [2.45, 2.75) is 44.1 Å². The zero-order valence-corrected chi connectivity index (χ0v) is 16.9. The van der Waals surface area contributed by atoms with Crippen LogP contribution in [-0.2, 0) is 14.4 Å². The highest BCUT2D eigenvalue weighted by molar-refractivity contribution is 6.19. The van der Waals surface area contributed by atoms with Crippen molar-refractivity contribution in [1.29, 1.82) is 0 Å². The Kier molecular flexibility index (Phi) is 4.88. The Hall–Kier alpha value is -3.36. The van der Waals surface area contributed by atoms with Crippen molar-refractivity contribution in [1.82, 2.24) is 14.8 Å². The number of hydrogen-bond donors (Lipinski definition) is 1. The number of nitrogens with zero attached hydrogens (tertiary/aromatic N) is 4. The molecule has 3 aliphatic heterocycles. The van der Waals surface area contributed by atoms with Crippen LogP contribution in [0.2, 0.25) is 0 Å². The van der Waals surface area contributed by atoms with Gasteiger partial charge in [0.2, 0.25) is 5.91 Å². The minimum Gasteiger partial charge on any atom is -0.357 e. The number of anilines is 1. The first-order valence-electron chi connectivity index (χ1n) is 10.5. The number of carbonyl (C=O) groups excluding carboxylic acids is 3. The van der Waals surface area contributed by atoms with E-state index in [-0.39, 0.29) is 48.5 Å². The molecule has 1 unspecified atom stereocenters. The summed E-state index contributed by atoms with van der Waals surface area (Å²) >= 11 is 0. The first-order chi connectivity index (χ1) is 15.0. The van der Waals surface area contributed by atoms with E-state index in [1.807, 2.05) is 0 Å². The number of rotatable bonds is 5. The molecule has 0 spiro atoms. The van der Waals surface area contributed by atoms with Crippen LogP contribution in [0.1, 0.15) is 43.6 Å². The highest BCUT2D eigenvalue weighted by Gasteiger charge is 2.48. The van der Waals surface area contributed by atoms with Gasteiger partial charge in [0.05, 0.1) is 12.7 Å². The molecule has 1 aromatic heterocycles. The van der Waals surface area contributed by atoms with Crippen LogP contribution in [0.3, 0.4) is 0 Å². The van der Waals surface area contributed by atoms with Crippen LogP contribution in [0, 0.1) is 0 Å². The molecular formula is C22H22FN5O3. The van der Waals surface area contributed by atoms with Crippen LogP contribution in [0.25, 0.3) is 0 Å². The SMILES string of the molecule is O=C(CN1CCCC2=C1C(=O)N(C1CC1)C2=O)Nc1ccc(C2C=NC=C(F)C2)cn1. The molecule has 0 radical (unpaired) electrons. The topological polar surface area (TPSA) is 95.0 Å². The number of amides is 3. The number of imide groups is 1. The van der Waals surface area contributed by atoms with Gasteiger partial charge in [-0.3, -0.25) is 24.3 Å². The van der Waals surface area contributed by atoms with E-state index in [9.17, 15) is 18.8 Å². The Morgan fingerprint density at radius 2 is 2.06 bits per heavy atom. The normalized spacial score (nSPS) is 23.3. The Balaban J connectivity index is 1.23. The average Bonchev–Trinajstić information content (AvgIpc) is 3.55. The summed E-state index contributed by atoms with van der Waals surface area (Å²) in [4.78, 5) is 49.2. The lowest BCUT2D eigenvalue weighted by molar-refractivity contribution is -0.138. The Bertz CT molecular complexity index is 1040. The third-order valence-corrected chi connectivity index (χ3v) is 5.98. The molecule has 5 rings (SSSR count). The maximum atomic E-state index is 13.4. The highest BCUT2D eigenvalue weighted by atomic mass is 19.1. The molecule has 160 valence electrons. The predicted octanol–water partition coefficient (Wildman–Crippen LogP) is 2.27. The van der Waals surface area contributed by atoms with Crippen molar-refractivity contribution in [2.75, 3.05) is 18.4 Å². The van der Waals surface area contributed by atoms with E-state index in [0.717, 1.165) is 24.8 Å². The van der Waals surface area contributed by atoms with E-state index in [1.165, 1.54) is 11.1 Å². The zero-order valence-electron chi connectivity index (χ0n) is 16.9. The van der Waals surface area contributed by atoms with Crippen molar-refractivity contribution in [2.24, 2.45) is 4.99 Å². The fraction of sp³-hybridized carbons (Fsp3) is 0.409. The van der Waals surface area contributed by atoms with E-state index in [4.69, 9.17) is 0 Å². The number of hydrogen-bond acceptors (Lipinski definition) is 6. The van der Waals surface area contributed by atoms with Crippen LogP contribution in [0.4, 0.5) is 10.2 Å². The first kappa shape index (κ1) is 19.6. The van der Waals surface area contributed by atoms with Crippen molar-refractivity contribution >= 4 is 29.8 Å². The number of allylic oxidation sites excluding steroid dienone is 1. The Morgan fingerprint density at radius 1 is 1.23 bits per heavy atom. The standard InChI is InChI=1S/C22H22FN5O3/c23-15-8-14(9-24-11-15)13-3-6-18(25-10-13)26-19(29)12-27-7-1-2-17-20(27)22(31)28(21(17)30)16-4-5-16/h3,6,9-11,14,16H,1-2,4-5,7-8,12H2,(H,25,26,29). The third-order valence-electron chi connectivity index (χ3n) is 5.98. The predicted molar refractivity (Wildman–Crippen MR) is 111 cm³/mol. The van der Waals surface area contributed by atoms with Crippen LogP contribution in [-0.4, -0.2) is 57.9 Å². The molecule has 1 aromatic rings.